The number of rotatable bonds is 8. The van der Waals surface area contributed by atoms with Crippen LogP contribution in [0.25, 0.3) is 0 Å². The second kappa shape index (κ2) is 10.4. The molecule has 0 spiro atoms. The van der Waals surface area contributed by atoms with E-state index in [0.29, 0.717) is 24.3 Å². The number of anilines is 3. The smallest absolute Gasteiger partial charge is 0.384 e. The van der Waals surface area contributed by atoms with Gasteiger partial charge in [-0.3, -0.25) is 9.59 Å². The number of carbonyl (C=O) groups is 2. The highest BCUT2D eigenvalue weighted by atomic mass is 19.4. The molecule has 188 valence electrons. The van der Waals surface area contributed by atoms with Crippen LogP contribution in [0, 0.1) is 5.41 Å². The van der Waals surface area contributed by atoms with Gasteiger partial charge in [-0.1, -0.05) is 24.3 Å². The topological polar surface area (TPSA) is 106 Å². The van der Waals surface area contributed by atoms with Gasteiger partial charge in [-0.15, -0.1) is 0 Å². The maximum atomic E-state index is 13.2. The zero-order valence-corrected chi connectivity index (χ0v) is 19.3. The Hall–Kier alpha value is -3.92. The number of carbonyl (C=O) groups excluding carboxylic acids is 2. The number of ketones is 1. The zero-order chi connectivity index (χ0) is 25.8. The summed E-state index contributed by atoms with van der Waals surface area (Å²) in [4.78, 5) is 29.8. The summed E-state index contributed by atoms with van der Waals surface area (Å²) >= 11 is 0. The van der Waals surface area contributed by atoms with E-state index in [9.17, 15) is 22.8 Å². The minimum Gasteiger partial charge on any atom is -0.384 e. The molecule has 0 bridgehead atoms. The Labute approximate surface area is 205 Å². The average Bonchev–Trinajstić information content (AvgIpc) is 3.33. The number of nitrogens with one attached hydrogen (secondary N) is 2. The number of aromatic nitrogens is 1. The van der Waals surface area contributed by atoms with Crippen LogP contribution < -0.4 is 16.4 Å². The van der Waals surface area contributed by atoms with E-state index in [1.54, 1.807) is 30.3 Å². The van der Waals surface area contributed by atoms with Crippen LogP contribution in [-0.4, -0.2) is 29.9 Å². The highest BCUT2D eigenvalue weighted by molar-refractivity contribution is 6.00. The van der Waals surface area contributed by atoms with Gasteiger partial charge >= 0.3 is 6.18 Å². The van der Waals surface area contributed by atoms with E-state index >= 15 is 0 Å². The monoisotopic (exact) mass is 498 g/mol. The molecule has 0 unspecified atom stereocenters. The number of alkyl halides is 3. The Bertz CT molecular complexity index is 1240. The number of benzene rings is 2. The summed E-state index contributed by atoms with van der Waals surface area (Å²) in [6.45, 7) is 0.696. The average molecular weight is 499 g/mol. The first-order valence-corrected chi connectivity index (χ1v) is 11.3. The van der Waals surface area contributed by atoms with Crippen molar-refractivity contribution in [3.05, 3.63) is 83.6 Å². The van der Waals surface area contributed by atoms with Crippen LogP contribution >= 0.6 is 0 Å². The number of Topliss-reactive ketones (excluding diaryl/α,β-unsaturated/α-hetero) is 1. The lowest BCUT2D eigenvalue weighted by Crippen LogP contribution is -2.42. The number of nitrogens with zero attached hydrogens (tertiary/aromatic N) is 1. The summed E-state index contributed by atoms with van der Waals surface area (Å²) in [6.07, 6.45) is -2.64. The van der Waals surface area contributed by atoms with Crippen LogP contribution in [-0.2, 0) is 22.3 Å². The van der Waals surface area contributed by atoms with Crippen LogP contribution in [0.1, 0.15) is 34.3 Å². The summed E-state index contributed by atoms with van der Waals surface area (Å²) in [7, 11) is 0. The Morgan fingerprint density at radius 1 is 1.08 bits per heavy atom. The van der Waals surface area contributed by atoms with Gasteiger partial charge in [0.15, 0.2) is 5.78 Å². The molecule has 36 heavy (non-hydrogen) atoms. The van der Waals surface area contributed by atoms with Crippen molar-refractivity contribution in [1.82, 2.24) is 10.3 Å². The second-order valence-electron chi connectivity index (χ2n) is 8.70. The van der Waals surface area contributed by atoms with E-state index in [1.165, 1.54) is 30.5 Å². The van der Waals surface area contributed by atoms with Crippen molar-refractivity contribution in [3.63, 3.8) is 0 Å². The molecule has 7 nitrogen and oxygen atoms in total. The fourth-order valence-electron chi connectivity index (χ4n) is 4.11. The summed E-state index contributed by atoms with van der Waals surface area (Å²) in [5, 5.41) is 5.66. The number of amides is 1. The number of hydrogen-bond acceptors (Lipinski definition) is 6. The molecule has 1 atom stereocenters. The van der Waals surface area contributed by atoms with Gasteiger partial charge < -0.3 is 21.1 Å². The molecule has 0 saturated carbocycles. The van der Waals surface area contributed by atoms with Gasteiger partial charge in [0, 0.05) is 37.0 Å². The van der Waals surface area contributed by atoms with Crippen molar-refractivity contribution in [2.24, 2.45) is 5.41 Å². The maximum absolute atomic E-state index is 13.2. The van der Waals surface area contributed by atoms with E-state index in [4.69, 9.17) is 10.5 Å². The van der Waals surface area contributed by atoms with Crippen molar-refractivity contribution in [2.45, 2.75) is 25.6 Å². The third kappa shape index (κ3) is 5.83. The number of pyridine rings is 1. The third-order valence-corrected chi connectivity index (χ3v) is 6.11. The van der Waals surface area contributed by atoms with Crippen molar-refractivity contribution in [1.29, 1.82) is 0 Å². The predicted molar refractivity (Wildman–Crippen MR) is 128 cm³/mol. The molecule has 1 amide bonds. The summed E-state index contributed by atoms with van der Waals surface area (Å²) in [6, 6.07) is 15.0. The first-order valence-electron chi connectivity index (χ1n) is 11.3. The van der Waals surface area contributed by atoms with Crippen molar-refractivity contribution >= 4 is 28.9 Å². The minimum atomic E-state index is -4.47. The standard InChI is InChI=1S/C26H25F3N4O3/c27-26(28,29)20-3-1-2-4-21(20)33-19-7-5-17(6-8-19)15-32-24(35)25(10-12-36-16-25)14-22(34)18-9-11-31-23(30)13-18/h1-9,11,13,33H,10,12,14-16H2,(H2,30,31)(H,32,35)/t25-/m0/s1. The van der Waals surface area contributed by atoms with Crippen molar-refractivity contribution in [3.8, 4) is 0 Å². The van der Waals surface area contributed by atoms with Crippen LogP contribution in [0.3, 0.4) is 0 Å². The third-order valence-electron chi connectivity index (χ3n) is 6.11. The van der Waals surface area contributed by atoms with Gasteiger partial charge in [-0.2, -0.15) is 13.2 Å². The van der Waals surface area contributed by atoms with Crippen molar-refractivity contribution in [2.75, 3.05) is 24.3 Å². The number of ether oxygens (including phenoxy) is 1. The molecule has 3 aromatic rings. The normalized spacial score (nSPS) is 17.5. The number of halogens is 3. The van der Waals surface area contributed by atoms with Crippen LogP contribution in [0.15, 0.2) is 66.9 Å². The van der Waals surface area contributed by atoms with Crippen LogP contribution in [0.5, 0.6) is 0 Å². The number of nitrogens with two attached hydrogens (primary N) is 1. The van der Waals surface area contributed by atoms with E-state index in [0.717, 1.165) is 11.6 Å². The molecule has 1 aromatic heterocycles. The molecule has 10 heteroatoms. The van der Waals surface area contributed by atoms with E-state index in [-0.39, 0.29) is 42.8 Å². The largest absolute Gasteiger partial charge is 0.418 e. The molecule has 1 fully saturated rings. The highest BCUT2D eigenvalue weighted by Gasteiger charge is 2.44. The fraction of sp³-hybridized carbons (Fsp3) is 0.269. The van der Waals surface area contributed by atoms with Gasteiger partial charge in [0.2, 0.25) is 5.91 Å². The summed E-state index contributed by atoms with van der Waals surface area (Å²) < 4.78 is 45.1. The molecule has 0 aliphatic carbocycles. The lowest BCUT2D eigenvalue weighted by Gasteiger charge is -2.25. The number of para-hydroxylation sites is 1. The SMILES string of the molecule is Nc1cc(C(=O)C[C@@]2(C(=O)NCc3ccc(Nc4ccccc4C(F)(F)F)cc3)CCOC2)ccn1. The Morgan fingerprint density at radius 2 is 1.83 bits per heavy atom. The Morgan fingerprint density at radius 3 is 2.50 bits per heavy atom. The molecule has 1 aliphatic heterocycles. The predicted octanol–water partition coefficient (Wildman–Crippen LogP) is 4.72. The molecular weight excluding hydrogens is 473 g/mol. The molecule has 0 radical (unpaired) electrons. The first-order chi connectivity index (χ1) is 17.2. The Balaban J connectivity index is 1.39. The van der Waals surface area contributed by atoms with Crippen LogP contribution in [0.4, 0.5) is 30.4 Å². The minimum absolute atomic E-state index is 0.0240. The number of hydrogen-bond donors (Lipinski definition) is 3. The lowest BCUT2D eigenvalue weighted by molar-refractivity contribution is -0.137. The van der Waals surface area contributed by atoms with E-state index in [2.05, 4.69) is 15.6 Å². The molecule has 1 saturated heterocycles. The van der Waals surface area contributed by atoms with Crippen molar-refractivity contribution < 1.29 is 27.5 Å². The molecule has 1 aliphatic rings. The fourth-order valence-corrected chi connectivity index (χ4v) is 4.11. The summed E-state index contributed by atoms with van der Waals surface area (Å²) in [5.74, 6) is -0.294. The lowest BCUT2D eigenvalue weighted by atomic mass is 9.80. The zero-order valence-electron chi connectivity index (χ0n) is 19.3. The first kappa shape index (κ1) is 25.2. The molecule has 4 rings (SSSR count). The Kier molecular flexibility index (Phi) is 7.25. The van der Waals surface area contributed by atoms with Gasteiger partial charge in [0.1, 0.15) is 5.82 Å². The van der Waals surface area contributed by atoms with E-state index in [1.807, 2.05) is 0 Å². The second-order valence-corrected chi connectivity index (χ2v) is 8.70. The molecule has 2 aromatic carbocycles. The summed E-state index contributed by atoms with van der Waals surface area (Å²) in [5.41, 5.74) is 5.49. The molecular formula is C26H25F3N4O3. The van der Waals surface area contributed by atoms with Crippen LogP contribution in [0.2, 0.25) is 0 Å². The highest BCUT2D eigenvalue weighted by Crippen LogP contribution is 2.36. The number of nitrogen functional groups attached to an aromatic ring is 1. The maximum Gasteiger partial charge on any atom is 0.418 e. The van der Waals surface area contributed by atoms with Gasteiger partial charge in [0.25, 0.3) is 0 Å². The van der Waals surface area contributed by atoms with Gasteiger partial charge in [-0.25, -0.2) is 4.98 Å². The molecule has 2 heterocycles. The molecule has 4 N–H and O–H groups in total. The van der Waals surface area contributed by atoms with Gasteiger partial charge in [0.05, 0.1) is 23.3 Å². The quantitative estimate of drug-likeness (QED) is 0.388. The van der Waals surface area contributed by atoms with E-state index < -0.39 is 17.2 Å². The van der Waals surface area contributed by atoms with Gasteiger partial charge in [-0.05, 0) is 48.4 Å².